The number of carbonyl (C=O) groups is 1. The van der Waals surface area contributed by atoms with Crippen LogP contribution in [0.25, 0.3) is 11.3 Å². The summed E-state index contributed by atoms with van der Waals surface area (Å²) >= 11 is 0. The second kappa shape index (κ2) is 9.43. The summed E-state index contributed by atoms with van der Waals surface area (Å²) in [5.41, 5.74) is 4.08. The molecule has 28 heavy (non-hydrogen) atoms. The Balaban J connectivity index is 1.73. The van der Waals surface area contributed by atoms with Gasteiger partial charge in [0.05, 0.1) is 5.69 Å². The molecule has 0 aliphatic carbocycles. The van der Waals surface area contributed by atoms with Gasteiger partial charge in [0.15, 0.2) is 0 Å². The minimum absolute atomic E-state index is 0.0387. The van der Waals surface area contributed by atoms with Crippen LogP contribution in [0.1, 0.15) is 12.0 Å². The SMILES string of the molecule is Cc1ccc(NC(=O)NCCCO)cc1Nc1nccc(-c2cccnc2)n1. The van der Waals surface area contributed by atoms with Crippen molar-refractivity contribution < 1.29 is 9.90 Å². The number of carbonyl (C=O) groups excluding carboxylic acids is 1. The highest BCUT2D eigenvalue weighted by molar-refractivity contribution is 5.90. The standard InChI is InChI=1S/C20H22N6O2/c1-14-5-6-16(24-20(28)23-9-3-11-27)12-18(14)26-19-22-10-7-17(25-19)15-4-2-8-21-13-15/h2,4-8,10,12-13,27H,3,9,11H2,1H3,(H,22,25,26)(H2,23,24,28). The highest BCUT2D eigenvalue weighted by Crippen LogP contribution is 2.24. The molecule has 1 aromatic carbocycles. The van der Waals surface area contributed by atoms with Crippen LogP contribution < -0.4 is 16.0 Å². The Labute approximate surface area is 163 Å². The van der Waals surface area contributed by atoms with Crippen molar-refractivity contribution in [3.63, 3.8) is 0 Å². The van der Waals surface area contributed by atoms with E-state index in [0.717, 1.165) is 22.5 Å². The molecule has 0 fully saturated rings. The number of pyridine rings is 1. The maximum atomic E-state index is 11.9. The Kier molecular flexibility index (Phi) is 6.48. The lowest BCUT2D eigenvalue weighted by atomic mass is 10.2. The van der Waals surface area contributed by atoms with Crippen LogP contribution in [0.4, 0.5) is 22.1 Å². The van der Waals surface area contributed by atoms with E-state index >= 15 is 0 Å². The number of aliphatic hydroxyl groups is 1. The van der Waals surface area contributed by atoms with E-state index in [2.05, 4.69) is 30.9 Å². The fourth-order valence-electron chi connectivity index (χ4n) is 2.51. The number of benzene rings is 1. The van der Waals surface area contributed by atoms with Gasteiger partial charge in [0, 0.05) is 48.7 Å². The van der Waals surface area contributed by atoms with Gasteiger partial charge in [-0.3, -0.25) is 4.98 Å². The summed E-state index contributed by atoms with van der Waals surface area (Å²) in [4.78, 5) is 24.8. The summed E-state index contributed by atoms with van der Waals surface area (Å²) in [5, 5.41) is 17.4. The maximum Gasteiger partial charge on any atom is 0.319 e. The van der Waals surface area contributed by atoms with E-state index in [1.165, 1.54) is 0 Å². The minimum atomic E-state index is -0.321. The first-order chi connectivity index (χ1) is 13.7. The van der Waals surface area contributed by atoms with Crippen LogP contribution in [0, 0.1) is 6.92 Å². The van der Waals surface area contributed by atoms with Gasteiger partial charge in [0.2, 0.25) is 5.95 Å². The normalized spacial score (nSPS) is 10.4. The quantitative estimate of drug-likeness (QED) is 0.470. The van der Waals surface area contributed by atoms with Gasteiger partial charge in [-0.1, -0.05) is 6.07 Å². The Morgan fingerprint density at radius 2 is 2.07 bits per heavy atom. The summed E-state index contributed by atoms with van der Waals surface area (Å²) in [6, 6.07) is 10.8. The van der Waals surface area contributed by atoms with Crippen LogP contribution in [-0.2, 0) is 0 Å². The smallest absolute Gasteiger partial charge is 0.319 e. The van der Waals surface area contributed by atoms with E-state index in [1.54, 1.807) is 18.6 Å². The van der Waals surface area contributed by atoms with Crippen molar-refractivity contribution in [1.29, 1.82) is 0 Å². The number of aromatic nitrogens is 3. The third-order valence-corrected chi connectivity index (χ3v) is 3.98. The number of aryl methyl sites for hydroxylation is 1. The number of hydrogen-bond donors (Lipinski definition) is 4. The topological polar surface area (TPSA) is 112 Å². The Morgan fingerprint density at radius 1 is 1.18 bits per heavy atom. The van der Waals surface area contributed by atoms with Crippen molar-refractivity contribution in [3.8, 4) is 11.3 Å². The third kappa shape index (κ3) is 5.24. The van der Waals surface area contributed by atoms with E-state index in [4.69, 9.17) is 5.11 Å². The number of urea groups is 1. The average molecular weight is 378 g/mol. The molecular formula is C20H22N6O2. The Bertz CT molecular complexity index is 933. The number of aliphatic hydroxyl groups excluding tert-OH is 1. The fraction of sp³-hybridized carbons (Fsp3) is 0.200. The van der Waals surface area contributed by atoms with Crippen molar-refractivity contribution >= 4 is 23.4 Å². The Hall–Kier alpha value is -3.52. The van der Waals surface area contributed by atoms with Crippen molar-refractivity contribution in [3.05, 3.63) is 60.6 Å². The molecule has 8 nitrogen and oxygen atoms in total. The molecule has 0 aliphatic rings. The second-order valence-corrected chi connectivity index (χ2v) is 6.12. The molecule has 8 heteroatoms. The monoisotopic (exact) mass is 378 g/mol. The Morgan fingerprint density at radius 3 is 2.86 bits per heavy atom. The van der Waals surface area contributed by atoms with Gasteiger partial charge in [0.25, 0.3) is 0 Å². The first-order valence-electron chi connectivity index (χ1n) is 8.92. The van der Waals surface area contributed by atoms with Crippen LogP contribution in [-0.4, -0.2) is 39.2 Å². The number of hydrogen-bond acceptors (Lipinski definition) is 6. The number of nitrogens with one attached hydrogen (secondary N) is 3. The zero-order valence-electron chi connectivity index (χ0n) is 15.5. The van der Waals surface area contributed by atoms with E-state index < -0.39 is 0 Å². The van der Waals surface area contributed by atoms with Crippen LogP contribution >= 0.6 is 0 Å². The molecule has 2 amide bonds. The molecule has 0 aliphatic heterocycles. The van der Waals surface area contributed by atoms with Crippen molar-refractivity contribution in [1.82, 2.24) is 20.3 Å². The molecule has 0 unspecified atom stereocenters. The van der Waals surface area contributed by atoms with Crippen LogP contribution in [0.3, 0.4) is 0 Å². The number of nitrogens with zero attached hydrogens (tertiary/aromatic N) is 3. The molecule has 0 saturated heterocycles. The van der Waals surface area contributed by atoms with Crippen LogP contribution in [0.5, 0.6) is 0 Å². The first-order valence-corrected chi connectivity index (χ1v) is 8.92. The summed E-state index contributed by atoms with van der Waals surface area (Å²) in [6.07, 6.45) is 5.66. The number of anilines is 3. The van der Waals surface area contributed by atoms with E-state index in [-0.39, 0.29) is 12.6 Å². The summed E-state index contributed by atoms with van der Waals surface area (Å²) < 4.78 is 0. The van der Waals surface area contributed by atoms with Crippen molar-refractivity contribution in [2.24, 2.45) is 0 Å². The molecular weight excluding hydrogens is 356 g/mol. The molecule has 0 bridgehead atoms. The molecule has 3 rings (SSSR count). The largest absolute Gasteiger partial charge is 0.396 e. The lowest BCUT2D eigenvalue weighted by Crippen LogP contribution is -2.29. The lowest BCUT2D eigenvalue weighted by molar-refractivity contribution is 0.249. The molecule has 0 saturated carbocycles. The fourth-order valence-corrected chi connectivity index (χ4v) is 2.51. The van der Waals surface area contributed by atoms with Gasteiger partial charge < -0.3 is 21.1 Å². The predicted molar refractivity (Wildman–Crippen MR) is 108 cm³/mol. The van der Waals surface area contributed by atoms with Crippen molar-refractivity contribution in [2.75, 3.05) is 23.8 Å². The van der Waals surface area contributed by atoms with Gasteiger partial charge in [-0.2, -0.15) is 0 Å². The first kappa shape index (κ1) is 19.2. The van der Waals surface area contributed by atoms with Crippen LogP contribution in [0.15, 0.2) is 55.0 Å². The van der Waals surface area contributed by atoms with Gasteiger partial charge in [-0.05, 0) is 49.2 Å². The average Bonchev–Trinajstić information content (AvgIpc) is 2.72. The van der Waals surface area contributed by atoms with Gasteiger partial charge in [-0.25, -0.2) is 14.8 Å². The van der Waals surface area contributed by atoms with Gasteiger partial charge in [0.1, 0.15) is 0 Å². The van der Waals surface area contributed by atoms with E-state index in [0.29, 0.717) is 24.6 Å². The zero-order chi connectivity index (χ0) is 19.8. The molecule has 4 N–H and O–H groups in total. The van der Waals surface area contributed by atoms with Gasteiger partial charge in [-0.15, -0.1) is 0 Å². The summed E-state index contributed by atoms with van der Waals surface area (Å²) in [7, 11) is 0. The third-order valence-electron chi connectivity index (χ3n) is 3.98. The second-order valence-electron chi connectivity index (χ2n) is 6.12. The molecule has 0 spiro atoms. The maximum absolute atomic E-state index is 11.9. The number of amides is 2. The minimum Gasteiger partial charge on any atom is -0.396 e. The molecule has 3 aromatic rings. The van der Waals surface area contributed by atoms with Crippen molar-refractivity contribution in [2.45, 2.75) is 13.3 Å². The summed E-state index contributed by atoms with van der Waals surface area (Å²) in [5.74, 6) is 0.453. The molecule has 2 aromatic heterocycles. The molecule has 2 heterocycles. The van der Waals surface area contributed by atoms with Gasteiger partial charge >= 0.3 is 6.03 Å². The zero-order valence-corrected chi connectivity index (χ0v) is 15.5. The molecule has 0 radical (unpaired) electrons. The van der Waals surface area contributed by atoms with E-state index in [1.807, 2.05) is 43.3 Å². The predicted octanol–water partition coefficient (Wildman–Crippen LogP) is 3.09. The van der Waals surface area contributed by atoms with Crippen LogP contribution in [0.2, 0.25) is 0 Å². The number of rotatable bonds is 7. The lowest BCUT2D eigenvalue weighted by Gasteiger charge is -2.12. The highest BCUT2D eigenvalue weighted by Gasteiger charge is 2.07. The summed E-state index contributed by atoms with van der Waals surface area (Å²) in [6.45, 7) is 2.41. The van der Waals surface area contributed by atoms with E-state index in [9.17, 15) is 4.79 Å². The molecule has 144 valence electrons. The highest BCUT2D eigenvalue weighted by atomic mass is 16.3. The molecule has 0 atom stereocenters.